The van der Waals surface area contributed by atoms with Gasteiger partial charge >= 0.3 is 6.09 Å². The first kappa shape index (κ1) is 12.6. The number of nitrogens with zero attached hydrogens (tertiary/aromatic N) is 1. The molecule has 2 rings (SSSR count). The Hall–Kier alpha value is -0.810. The molecule has 5 nitrogen and oxygen atoms in total. The Morgan fingerprint density at radius 2 is 2.24 bits per heavy atom. The van der Waals surface area contributed by atoms with Crippen LogP contribution in [0.25, 0.3) is 0 Å². The van der Waals surface area contributed by atoms with Crippen LogP contribution in [0.2, 0.25) is 0 Å². The van der Waals surface area contributed by atoms with E-state index in [0.717, 1.165) is 12.8 Å². The number of amides is 1. The molecule has 2 N–H and O–H groups in total. The second-order valence-corrected chi connectivity index (χ2v) is 5.93. The Morgan fingerprint density at radius 3 is 2.71 bits per heavy atom. The molecule has 0 aliphatic carbocycles. The van der Waals surface area contributed by atoms with Gasteiger partial charge in [-0.3, -0.25) is 4.90 Å². The van der Waals surface area contributed by atoms with E-state index in [1.807, 2.05) is 20.8 Å². The van der Waals surface area contributed by atoms with Crippen LogP contribution >= 0.6 is 0 Å². The topological polar surface area (TPSA) is 64.8 Å². The van der Waals surface area contributed by atoms with Crippen molar-refractivity contribution in [3.05, 3.63) is 0 Å². The van der Waals surface area contributed by atoms with Crippen molar-refractivity contribution in [2.24, 2.45) is 5.73 Å². The van der Waals surface area contributed by atoms with E-state index >= 15 is 0 Å². The van der Waals surface area contributed by atoms with Crippen LogP contribution in [0.1, 0.15) is 33.6 Å². The van der Waals surface area contributed by atoms with Crippen LogP contribution in [0.4, 0.5) is 4.79 Å². The number of rotatable bonds is 0. The number of likely N-dealkylation sites (tertiary alicyclic amines) is 1. The summed E-state index contributed by atoms with van der Waals surface area (Å²) in [5, 5.41) is 0. The van der Waals surface area contributed by atoms with Crippen LogP contribution in [0.3, 0.4) is 0 Å². The molecule has 0 radical (unpaired) electrons. The quantitative estimate of drug-likeness (QED) is 0.691. The van der Waals surface area contributed by atoms with Gasteiger partial charge in [-0.25, -0.2) is 4.79 Å². The first-order chi connectivity index (χ1) is 7.85. The van der Waals surface area contributed by atoms with Crippen molar-refractivity contribution in [2.45, 2.75) is 50.8 Å². The minimum atomic E-state index is -0.465. The maximum Gasteiger partial charge on any atom is 0.410 e. The maximum atomic E-state index is 12.1. The molecule has 1 spiro atoms. The first-order valence-electron chi connectivity index (χ1n) is 6.19. The molecule has 2 unspecified atom stereocenters. The highest BCUT2D eigenvalue weighted by Gasteiger charge is 2.54. The standard InChI is InChI=1S/C12H22N2O3/c1-11(2,3)17-10(15)14-6-5-12(14)8-16-7-4-9(12)13/h9H,4-8,13H2,1-3H3. The van der Waals surface area contributed by atoms with Crippen molar-refractivity contribution in [3.8, 4) is 0 Å². The molecule has 2 atom stereocenters. The molecule has 98 valence electrons. The molecule has 0 bridgehead atoms. The number of nitrogens with two attached hydrogens (primary N) is 1. The van der Waals surface area contributed by atoms with Crippen LogP contribution in [0.5, 0.6) is 0 Å². The second-order valence-electron chi connectivity index (χ2n) is 5.93. The predicted octanol–water partition coefficient (Wildman–Crippen LogP) is 1.11. The molecule has 2 saturated heterocycles. The minimum Gasteiger partial charge on any atom is -0.444 e. The molecule has 2 aliphatic heterocycles. The molecule has 2 heterocycles. The minimum absolute atomic E-state index is 0.00230. The lowest BCUT2D eigenvalue weighted by Gasteiger charge is -2.56. The molecule has 2 aliphatic rings. The maximum absolute atomic E-state index is 12.1. The molecule has 0 aromatic carbocycles. The van der Waals surface area contributed by atoms with Gasteiger partial charge in [0.2, 0.25) is 0 Å². The molecule has 0 aromatic heterocycles. The third kappa shape index (κ3) is 2.26. The smallest absolute Gasteiger partial charge is 0.410 e. The van der Waals surface area contributed by atoms with Crippen molar-refractivity contribution >= 4 is 6.09 Å². The van der Waals surface area contributed by atoms with E-state index in [4.69, 9.17) is 15.2 Å². The van der Waals surface area contributed by atoms with Crippen LogP contribution in [-0.4, -0.2) is 47.9 Å². The first-order valence-corrected chi connectivity index (χ1v) is 6.19. The summed E-state index contributed by atoms with van der Waals surface area (Å²) in [7, 11) is 0. The molecule has 5 heteroatoms. The average molecular weight is 242 g/mol. The molecule has 0 saturated carbocycles. The van der Waals surface area contributed by atoms with E-state index < -0.39 is 5.60 Å². The van der Waals surface area contributed by atoms with Gasteiger partial charge in [-0.15, -0.1) is 0 Å². The van der Waals surface area contributed by atoms with E-state index in [-0.39, 0.29) is 17.7 Å². The average Bonchev–Trinajstić information content (AvgIpc) is 2.13. The molecule has 17 heavy (non-hydrogen) atoms. The van der Waals surface area contributed by atoms with Gasteiger partial charge in [-0.2, -0.15) is 0 Å². The van der Waals surface area contributed by atoms with Gasteiger partial charge in [0.25, 0.3) is 0 Å². The summed E-state index contributed by atoms with van der Waals surface area (Å²) in [6.07, 6.45) is 1.44. The van der Waals surface area contributed by atoms with Gasteiger partial charge in [0.1, 0.15) is 5.60 Å². The number of carbonyl (C=O) groups excluding carboxylic acids is 1. The zero-order valence-corrected chi connectivity index (χ0v) is 10.9. The van der Waals surface area contributed by atoms with Gasteiger partial charge in [-0.1, -0.05) is 0 Å². The normalized spacial score (nSPS) is 33.4. The SMILES string of the molecule is CC(C)(C)OC(=O)N1CCC12COCCC2N. The summed E-state index contributed by atoms with van der Waals surface area (Å²) in [6, 6.07) is -0.00230. The van der Waals surface area contributed by atoms with Crippen LogP contribution < -0.4 is 5.73 Å². The largest absolute Gasteiger partial charge is 0.444 e. The predicted molar refractivity (Wildman–Crippen MR) is 63.7 cm³/mol. The van der Waals surface area contributed by atoms with Crippen LogP contribution in [0, 0.1) is 0 Å². The molecule has 1 amide bonds. The van der Waals surface area contributed by atoms with E-state index in [2.05, 4.69) is 0 Å². The monoisotopic (exact) mass is 242 g/mol. The Kier molecular flexibility index (Phi) is 3.08. The summed E-state index contributed by atoms with van der Waals surface area (Å²) in [4.78, 5) is 13.8. The number of hydrogen-bond acceptors (Lipinski definition) is 4. The van der Waals surface area contributed by atoms with E-state index in [0.29, 0.717) is 19.8 Å². The lowest BCUT2D eigenvalue weighted by atomic mass is 9.76. The zero-order chi connectivity index (χ0) is 12.7. The van der Waals surface area contributed by atoms with E-state index in [9.17, 15) is 4.79 Å². The summed E-state index contributed by atoms with van der Waals surface area (Å²) < 4.78 is 10.9. The highest BCUT2D eigenvalue weighted by Crippen LogP contribution is 2.38. The van der Waals surface area contributed by atoms with Gasteiger partial charge < -0.3 is 15.2 Å². The van der Waals surface area contributed by atoms with E-state index in [1.165, 1.54) is 0 Å². The van der Waals surface area contributed by atoms with Gasteiger partial charge in [-0.05, 0) is 33.6 Å². The molecular formula is C12H22N2O3. The lowest BCUT2D eigenvalue weighted by Crippen LogP contribution is -2.74. The lowest BCUT2D eigenvalue weighted by molar-refractivity contribution is -0.117. The third-order valence-electron chi connectivity index (χ3n) is 3.54. The van der Waals surface area contributed by atoms with Crippen molar-refractivity contribution < 1.29 is 14.3 Å². The fourth-order valence-electron chi connectivity index (χ4n) is 2.47. The summed E-state index contributed by atoms with van der Waals surface area (Å²) >= 11 is 0. The molecule has 0 aromatic rings. The summed E-state index contributed by atoms with van der Waals surface area (Å²) in [5.74, 6) is 0. The Balaban J connectivity index is 2.04. The summed E-state index contributed by atoms with van der Waals surface area (Å²) in [6.45, 7) is 7.54. The van der Waals surface area contributed by atoms with Crippen molar-refractivity contribution in [1.29, 1.82) is 0 Å². The Bertz CT molecular complexity index is 313. The Labute approximate surface area is 102 Å². The van der Waals surface area contributed by atoms with Crippen LogP contribution in [-0.2, 0) is 9.47 Å². The molecule has 2 fully saturated rings. The number of hydrogen-bond donors (Lipinski definition) is 1. The Morgan fingerprint density at radius 1 is 1.53 bits per heavy atom. The van der Waals surface area contributed by atoms with Crippen molar-refractivity contribution in [1.82, 2.24) is 4.90 Å². The number of carbonyl (C=O) groups is 1. The van der Waals surface area contributed by atoms with Gasteiger partial charge in [0, 0.05) is 19.2 Å². The fraction of sp³-hybridized carbons (Fsp3) is 0.917. The number of ether oxygens (including phenoxy) is 2. The second kappa shape index (κ2) is 4.14. The van der Waals surface area contributed by atoms with Crippen molar-refractivity contribution in [3.63, 3.8) is 0 Å². The summed E-state index contributed by atoms with van der Waals surface area (Å²) in [5.41, 5.74) is 5.35. The van der Waals surface area contributed by atoms with Crippen molar-refractivity contribution in [2.75, 3.05) is 19.8 Å². The fourth-order valence-corrected chi connectivity index (χ4v) is 2.47. The highest BCUT2D eigenvalue weighted by atomic mass is 16.6. The van der Waals surface area contributed by atoms with Gasteiger partial charge in [0.15, 0.2) is 0 Å². The third-order valence-corrected chi connectivity index (χ3v) is 3.54. The molecular weight excluding hydrogens is 220 g/mol. The van der Waals surface area contributed by atoms with E-state index in [1.54, 1.807) is 4.90 Å². The van der Waals surface area contributed by atoms with Crippen LogP contribution in [0.15, 0.2) is 0 Å². The highest BCUT2D eigenvalue weighted by molar-refractivity contribution is 5.70. The van der Waals surface area contributed by atoms with Gasteiger partial charge in [0.05, 0.1) is 12.1 Å². The zero-order valence-electron chi connectivity index (χ0n) is 10.9.